The van der Waals surface area contributed by atoms with Gasteiger partial charge < -0.3 is 24.3 Å². The van der Waals surface area contributed by atoms with E-state index in [2.05, 4.69) is 0 Å². The van der Waals surface area contributed by atoms with Crippen LogP contribution in [0.2, 0.25) is 0 Å². The second kappa shape index (κ2) is 7.74. The number of amides is 1. The van der Waals surface area contributed by atoms with Crippen molar-refractivity contribution < 1.29 is 29.1 Å². The van der Waals surface area contributed by atoms with Crippen molar-refractivity contribution in [2.75, 3.05) is 33.3 Å². The third-order valence-corrected chi connectivity index (χ3v) is 4.13. The number of aliphatic carboxylic acids is 1. The molecule has 1 aliphatic rings. The quantitative estimate of drug-likeness (QED) is 0.801. The second-order valence-corrected chi connectivity index (χ2v) is 7.15. The van der Waals surface area contributed by atoms with Gasteiger partial charge in [-0.15, -0.1) is 0 Å². The molecule has 0 aromatic heterocycles. The van der Waals surface area contributed by atoms with Gasteiger partial charge in [-0.1, -0.05) is 12.1 Å². The fraction of sp³-hybridized carbons (Fsp3) is 0.556. The van der Waals surface area contributed by atoms with Crippen molar-refractivity contribution in [1.82, 2.24) is 4.90 Å². The Morgan fingerprint density at radius 1 is 1.24 bits per heavy atom. The number of rotatable bonds is 4. The zero-order valence-electron chi connectivity index (χ0n) is 15.2. The third kappa shape index (κ3) is 5.09. The highest BCUT2D eigenvalue weighted by atomic mass is 16.6. The fourth-order valence-corrected chi connectivity index (χ4v) is 2.95. The number of hydrogen-bond donors (Lipinski definition) is 1. The second-order valence-electron chi connectivity index (χ2n) is 7.15. The lowest BCUT2D eigenvalue weighted by Crippen LogP contribution is -3.16. The number of hydrogen-bond acceptors (Lipinski definition) is 5. The normalized spacial score (nSPS) is 17.0. The van der Waals surface area contributed by atoms with Crippen LogP contribution in [0.1, 0.15) is 32.4 Å². The van der Waals surface area contributed by atoms with Crippen LogP contribution < -0.4 is 14.7 Å². The van der Waals surface area contributed by atoms with Crippen molar-refractivity contribution >= 4 is 12.1 Å². The Hall–Kier alpha value is -2.28. The highest BCUT2D eigenvalue weighted by Crippen LogP contribution is 2.18. The molecule has 0 aliphatic carbocycles. The Morgan fingerprint density at radius 3 is 2.40 bits per heavy atom. The lowest BCUT2D eigenvalue weighted by atomic mass is 10.0. The molecule has 1 fully saturated rings. The molecule has 7 heteroatoms. The molecule has 1 saturated heterocycles. The lowest BCUT2D eigenvalue weighted by Gasteiger charge is -2.37. The van der Waals surface area contributed by atoms with Gasteiger partial charge in [-0.2, -0.15) is 0 Å². The first-order chi connectivity index (χ1) is 11.7. The summed E-state index contributed by atoms with van der Waals surface area (Å²) < 4.78 is 10.5. The van der Waals surface area contributed by atoms with Gasteiger partial charge in [-0.05, 0) is 32.9 Å². The SMILES string of the molecule is COc1cccc([C@H](C(=O)[O-])[NH+]2CCN(C(=O)OC(C)(C)C)CC2)c1. The zero-order valence-corrected chi connectivity index (χ0v) is 15.2. The summed E-state index contributed by atoms with van der Waals surface area (Å²) in [6.07, 6.45) is -0.363. The van der Waals surface area contributed by atoms with Crippen LogP contribution in [0.15, 0.2) is 24.3 Å². The van der Waals surface area contributed by atoms with Crippen LogP contribution in [0.5, 0.6) is 5.75 Å². The van der Waals surface area contributed by atoms with E-state index in [0.717, 1.165) is 4.90 Å². The number of carbonyl (C=O) groups excluding carboxylic acids is 2. The van der Waals surface area contributed by atoms with Gasteiger partial charge in [0.2, 0.25) is 0 Å². The van der Waals surface area contributed by atoms with E-state index in [1.807, 2.05) is 20.8 Å². The van der Waals surface area contributed by atoms with E-state index in [9.17, 15) is 14.7 Å². The summed E-state index contributed by atoms with van der Waals surface area (Å²) in [5, 5.41) is 11.7. The number of methoxy groups -OCH3 is 1. The average Bonchev–Trinajstić information content (AvgIpc) is 2.54. The molecule has 1 amide bonds. The van der Waals surface area contributed by atoms with Crippen molar-refractivity contribution in [3.63, 3.8) is 0 Å². The number of quaternary nitrogens is 1. The molecule has 0 unspecified atom stereocenters. The minimum atomic E-state index is -1.13. The van der Waals surface area contributed by atoms with Crippen molar-refractivity contribution in [1.29, 1.82) is 0 Å². The minimum Gasteiger partial charge on any atom is -0.544 e. The first-order valence-corrected chi connectivity index (χ1v) is 8.38. The molecule has 0 bridgehead atoms. The van der Waals surface area contributed by atoms with E-state index < -0.39 is 17.6 Å². The van der Waals surface area contributed by atoms with E-state index in [1.54, 1.807) is 36.3 Å². The van der Waals surface area contributed by atoms with Crippen LogP contribution in [-0.2, 0) is 9.53 Å². The van der Waals surface area contributed by atoms with Gasteiger partial charge in [0.25, 0.3) is 0 Å². The predicted octanol–water partition coefficient (Wildman–Crippen LogP) is -0.378. The van der Waals surface area contributed by atoms with Crippen LogP contribution >= 0.6 is 0 Å². The van der Waals surface area contributed by atoms with Crippen molar-refractivity contribution in [3.05, 3.63) is 29.8 Å². The van der Waals surface area contributed by atoms with E-state index in [-0.39, 0.29) is 6.09 Å². The Labute approximate surface area is 148 Å². The highest BCUT2D eigenvalue weighted by molar-refractivity contribution is 5.72. The van der Waals surface area contributed by atoms with Gasteiger partial charge in [0.1, 0.15) is 17.3 Å². The summed E-state index contributed by atoms with van der Waals surface area (Å²) in [6.45, 7) is 7.37. The van der Waals surface area contributed by atoms with Crippen LogP contribution in [-0.4, -0.2) is 55.9 Å². The maximum atomic E-state index is 12.1. The number of ether oxygens (including phenoxy) is 2. The molecular formula is C18H26N2O5. The summed E-state index contributed by atoms with van der Waals surface area (Å²) in [5.74, 6) is -0.524. The molecule has 138 valence electrons. The van der Waals surface area contributed by atoms with Gasteiger partial charge in [-0.25, -0.2) is 4.79 Å². The maximum absolute atomic E-state index is 12.1. The lowest BCUT2D eigenvalue weighted by molar-refractivity contribution is -0.928. The fourth-order valence-electron chi connectivity index (χ4n) is 2.95. The molecule has 0 spiro atoms. The average molecular weight is 350 g/mol. The number of nitrogens with zero attached hydrogens (tertiary/aromatic N) is 1. The third-order valence-electron chi connectivity index (χ3n) is 4.13. The van der Waals surface area contributed by atoms with E-state index in [0.29, 0.717) is 37.5 Å². The molecule has 1 aromatic rings. The van der Waals surface area contributed by atoms with Gasteiger partial charge >= 0.3 is 6.09 Å². The minimum absolute atomic E-state index is 0.363. The van der Waals surface area contributed by atoms with Gasteiger partial charge in [0.15, 0.2) is 6.04 Å². The first-order valence-electron chi connectivity index (χ1n) is 8.38. The molecule has 7 nitrogen and oxygen atoms in total. The number of carboxylic acids is 1. The summed E-state index contributed by atoms with van der Waals surface area (Å²) in [4.78, 5) is 26.3. The molecule has 1 aliphatic heterocycles. The first kappa shape index (κ1) is 19.1. The topological polar surface area (TPSA) is 83.3 Å². The Balaban J connectivity index is 2.05. The number of carboxylic acid groups (broad SMARTS) is 1. The van der Waals surface area contributed by atoms with Crippen LogP contribution in [0.4, 0.5) is 4.79 Å². The highest BCUT2D eigenvalue weighted by Gasteiger charge is 2.33. The van der Waals surface area contributed by atoms with Crippen LogP contribution in [0.25, 0.3) is 0 Å². The van der Waals surface area contributed by atoms with Crippen molar-refractivity contribution in [2.24, 2.45) is 0 Å². The Morgan fingerprint density at radius 2 is 1.88 bits per heavy atom. The molecule has 25 heavy (non-hydrogen) atoms. The molecule has 2 rings (SSSR count). The molecule has 1 atom stereocenters. The van der Waals surface area contributed by atoms with Gasteiger partial charge in [-0.3, -0.25) is 4.90 Å². The molecule has 0 radical (unpaired) electrons. The van der Waals surface area contributed by atoms with Crippen molar-refractivity contribution in [3.8, 4) is 5.75 Å². The van der Waals surface area contributed by atoms with Crippen LogP contribution in [0, 0.1) is 0 Å². The maximum Gasteiger partial charge on any atom is 0.410 e. The summed E-state index contributed by atoms with van der Waals surface area (Å²) in [6, 6.07) is 6.21. The molecule has 1 aromatic carbocycles. The van der Waals surface area contributed by atoms with E-state index >= 15 is 0 Å². The number of carbonyl (C=O) groups is 2. The summed E-state index contributed by atoms with van der Waals surface area (Å²) in [5.41, 5.74) is 0.0925. The molecule has 1 heterocycles. The number of benzene rings is 1. The van der Waals surface area contributed by atoms with Gasteiger partial charge in [0, 0.05) is 5.56 Å². The Kier molecular flexibility index (Phi) is 5.89. The van der Waals surface area contributed by atoms with Crippen molar-refractivity contribution in [2.45, 2.75) is 32.4 Å². The number of piperazine rings is 1. The zero-order chi connectivity index (χ0) is 18.6. The molecule has 1 N–H and O–H groups in total. The predicted molar refractivity (Wildman–Crippen MR) is 89.2 cm³/mol. The van der Waals surface area contributed by atoms with Gasteiger partial charge in [0.05, 0.1) is 33.3 Å². The summed E-state index contributed by atoms with van der Waals surface area (Å²) >= 11 is 0. The monoisotopic (exact) mass is 350 g/mol. The smallest absolute Gasteiger partial charge is 0.410 e. The molecular weight excluding hydrogens is 324 g/mol. The number of nitrogens with one attached hydrogen (secondary N) is 1. The standard InChI is InChI=1S/C18H26N2O5/c1-18(2,3)25-17(23)20-10-8-19(9-11-20)15(16(21)22)13-6-5-7-14(12-13)24-4/h5-7,12,15H,8-11H2,1-4H3,(H,21,22)/t15-/m1/s1. The summed E-state index contributed by atoms with van der Waals surface area (Å²) in [7, 11) is 1.54. The Bertz CT molecular complexity index is 618. The van der Waals surface area contributed by atoms with E-state index in [1.165, 1.54) is 0 Å². The largest absolute Gasteiger partial charge is 0.544 e. The molecule has 0 saturated carbocycles. The van der Waals surface area contributed by atoms with Crippen LogP contribution in [0.3, 0.4) is 0 Å². The van der Waals surface area contributed by atoms with E-state index in [4.69, 9.17) is 9.47 Å².